The summed E-state index contributed by atoms with van der Waals surface area (Å²) in [4.78, 5) is 26.8. The van der Waals surface area contributed by atoms with E-state index in [0.29, 0.717) is 13.1 Å². The summed E-state index contributed by atoms with van der Waals surface area (Å²) in [6, 6.07) is 18.2. The highest BCUT2D eigenvalue weighted by Gasteiger charge is 2.27. The van der Waals surface area contributed by atoms with Gasteiger partial charge in [-0.1, -0.05) is 42.5 Å². The summed E-state index contributed by atoms with van der Waals surface area (Å²) in [6.07, 6.45) is 0.727. The number of aryl methyl sites for hydroxylation is 1. The SMILES string of the molecule is COc1ccc(Cc2c(C)nc(-c3ccccc3)nc2N2CCN(C(=O)NC(C)(C)C)CC2)cc1. The second kappa shape index (κ2) is 10.3. The smallest absolute Gasteiger partial charge is 0.317 e. The number of methoxy groups -OCH3 is 1. The van der Waals surface area contributed by atoms with E-state index in [0.717, 1.165) is 53.7 Å². The van der Waals surface area contributed by atoms with Crippen LogP contribution in [-0.2, 0) is 6.42 Å². The van der Waals surface area contributed by atoms with Crippen LogP contribution in [-0.4, -0.2) is 59.7 Å². The van der Waals surface area contributed by atoms with Gasteiger partial charge in [-0.15, -0.1) is 0 Å². The van der Waals surface area contributed by atoms with Crippen molar-refractivity contribution >= 4 is 11.8 Å². The standard InChI is InChI=1S/C28H35N5O2/c1-20-24(19-21-11-13-23(35-5)14-12-21)26(30-25(29-20)22-9-7-6-8-10-22)32-15-17-33(18-16-32)27(34)31-28(2,3)4/h6-14H,15-19H2,1-5H3,(H,31,34). The summed E-state index contributed by atoms with van der Waals surface area (Å²) in [6.45, 7) is 10.8. The van der Waals surface area contributed by atoms with E-state index in [4.69, 9.17) is 14.7 Å². The Morgan fingerprint density at radius 1 is 0.971 bits per heavy atom. The lowest BCUT2D eigenvalue weighted by atomic mass is 10.0. The summed E-state index contributed by atoms with van der Waals surface area (Å²) in [5, 5.41) is 3.07. The number of aromatic nitrogens is 2. The molecule has 1 N–H and O–H groups in total. The molecular weight excluding hydrogens is 438 g/mol. The van der Waals surface area contributed by atoms with Crippen molar-refractivity contribution < 1.29 is 9.53 Å². The Bertz CT molecular complexity index is 1150. The van der Waals surface area contributed by atoms with Crippen molar-refractivity contribution in [2.75, 3.05) is 38.2 Å². The first-order valence-electron chi connectivity index (χ1n) is 12.1. The molecule has 7 heteroatoms. The Balaban J connectivity index is 1.63. The zero-order valence-electron chi connectivity index (χ0n) is 21.3. The lowest BCUT2D eigenvalue weighted by molar-refractivity contribution is 0.185. The molecule has 7 nitrogen and oxygen atoms in total. The highest BCUT2D eigenvalue weighted by Crippen LogP contribution is 2.29. The predicted molar refractivity (Wildman–Crippen MR) is 140 cm³/mol. The number of carbonyl (C=O) groups excluding carboxylic acids is 1. The molecule has 35 heavy (non-hydrogen) atoms. The molecule has 0 aliphatic carbocycles. The topological polar surface area (TPSA) is 70.6 Å². The van der Waals surface area contributed by atoms with Crippen LogP contribution < -0.4 is 15.0 Å². The largest absolute Gasteiger partial charge is 0.497 e. The molecule has 1 aromatic heterocycles. The number of amides is 2. The van der Waals surface area contributed by atoms with Gasteiger partial charge in [0.25, 0.3) is 0 Å². The summed E-state index contributed by atoms with van der Waals surface area (Å²) < 4.78 is 5.32. The van der Waals surface area contributed by atoms with Gasteiger partial charge < -0.3 is 19.9 Å². The maximum atomic E-state index is 12.7. The van der Waals surface area contributed by atoms with E-state index in [2.05, 4.69) is 29.3 Å². The van der Waals surface area contributed by atoms with Gasteiger partial charge in [0, 0.05) is 55.0 Å². The van der Waals surface area contributed by atoms with E-state index in [9.17, 15) is 4.79 Å². The number of ether oxygens (including phenoxy) is 1. The van der Waals surface area contributed by atoms with Crippen LogP contribution in [0, 0.1) is 6.92 Å². The second-order valence-corrected chi connectivity index (χ2v) is 9.98. The van der Waals surface area contributed by atoms with Crippen LogP contribution in [0.1, 0.15) is 37.6 Å². The Morgan fingerprint density at radius 3 is 2.23 bits per heavy atom. The van der Waals surface area contributed by atoms with Crippen molar-refractivity contribution in [1.29, 1.82) is 0 Å². The molecule has 1 aliphatic rings. The first-order chi connectivity index (χ1) is 16.7. The molecule has 2 amide bonds. The van der Waals surface area contributed by atoms with E-state index >= 15 is 0 Å². The number of hydrogen-bond donors (Lipinski definition) is 1. The molecule has 3 aromatic rings. The van der Waals surface area contributed by atoms with E-state index in [1.807, 2.05) is 68.1 Å². The number of hydrogen-bond acceptors (Lipinski definition) is 5. The zero-order chi connectivity index (χ0) is 25.0. The van der Waals surface area contributed by atoms with Crippen molar-refractivity contribution in [3.8, 4) is 17.1 Å². The van der Waals surface area contributed by atoms with Crippen molar-refractivity contribution in [3.05, 3.63) is 71.4 Å². The third-order valence-electron chi connectivity index (χ3n) is 6.11. The first-order valence-corrected chi connectivity index (χ1v) is 12.1. The molecule has 1 aliphatic heterocycles. The van der Waals surface area contributed by atoms with Crippen molar-refractivity contribution in [1.82, 2.24) is 20.2 Å². The average molecular weight is 474 g/mol. The fourth-order valence-electron chi connectivity index (χ4n) is 4.23. The highest BCUT2D eigenvalue weighted by molar-refractivity contribution is 5.75. The zero-order valence-corrected chi connectivity index (χ0v) is 21.3. The maximum absolute atomic E-state index is 12.7. The number of anilines is 1. The molecular formula is C28H35N5O2. The molecule has 2 aromatic carbocycles. The normalized spacial score (nSPS) is 14.1. The summed E-state index contributed by atoms with van der Waals surface area (Å²) in [7, 11) is 1.68. The van der Waals surface area contributed by atoms with Crippen LogP contribution in [0.25, 0.3) is 11.4 Å². The summed E-state index contributed by atoms with van der Waals surface area (Å²) >= 11 is 0. The third kappa shape index (κ3) is 6.10. The van der Waals surface area contributed by atoms with Crippen LogP contribution in [0.2, 0.25) is 0 Å². The van der Waals surface area contributed by atoms with Gasteiger partial charge >= 0.3 is 6.03 Å². The summed E-state index contributed by atoms with van der Waals surface area (Å²) in [5.74, 6) is 2.51. The van der Waals surface area contributed by atoms with E-state index in [1.165, 1.54) is 5.56 Å². The quantitative estimate of drug-likeness (QED) is 0.583. The predicted octanol–water partition coefficient (Wildman–Crippen LogP) is 4.68. The molecule has 0 atom stereocenters. The summed E-state index contributed by atoms with van der Waals surface area (Å²) in [5.41, 5.74) is 4.00. The van der Waals surface area contributed by atoms with Crippen LogP contribution in [0.15, 0.2) is 54.6 Å². The van der Waals surface area contributed by atoms with Gasteiger partial charge in [0.2, 0.25) is 0 Å². The number of carbonyl (C=O) groups is 1. The minimum Gasteiger partial charge on any atom is -0.497 e. The van der Waals surface area contributed by atoms with Crippen LogP contribution in [0.3, 0.4) is 0 Å². The van der Waals surface area contributed by atoms with Crippen LogP contribution >= 0.6 is 0 Å². The van der Waals surface area contributed by atoms with Gasteiger partial charge in [-0.2, -0.15) is 0 Å². The van der Waals surface area contributed by atoms with Crippen LogP contribution in [0.4, 0.5) is 10.6 Å². The van der Waals surface area contributed by atoms with Gasteiger partial charge in [0.1, 0.15) is 11.6 Å². The van der Waals surface area contributed by atoms with Gasteiger partial charge in [-0.3, -0.25) is 0 Å². The van der Waals surface area contributed by atoms with E-state index in [1.54, 1.807) is 7.11 Å². The molecule has 0 spiro atoms. The maximum Gasteiger partial charge on any atom is 0.317 e. The van der Waals surface area contributed by atoms with Gasteiger partial charge in [0.15, 0.2) is 5.82 Å². The molecule has 0 unspecified atom stereocenters. The molecule has 2 heterocycles. The molecule has 0 saturated carbocycles. The fourth-order valence-corrected chi connectivity index (χ4v) is 4.23. The highest BCUT2D eigenvalue weighted by atomic mass is 16.5. The lowest BCUT2D eigenvalue weighted by Crippen LogP contribution is -2.55. The van der Waals surface area contributed by atoms with E-state index < -0.39 is 0 Å². The van der Waals surface area contributed by atoms with Crippen molar-refractivity contribution in [2.24, 2.45) is 0 Å². The fraction of sp³-hybridized carbons (Fsp3) is 0.393. The molecule has 4 rings (SSSR count). The molecule has 1 fully saturated rings. The van der Waals surface area contributed by atoms with Gasteiger partial charge in [-0.05, 0) is 45.4 Å². The number of nitrogens with zero attached hydrogens (tertiary/aromatic N) is 4. The monoisotopic (exact) mass is 473 g/mol. The number of benzene rings is 2. The minimum absolute atomic E-state index is 0.0144. The Hall–Kier alpha value is -3.61. The first kappa shape index (κ1) is 24.5. The average Bonchev–Trinajstić information content (AvgIpc) is 2.85. The number of piperazine rings is 1. The van der Waals surface area contributed by atoms with Gasteiger partial charge in [0.05, 0.1) is 7.11 Å². The van der Waals surface area contributed by atoms with Gasteiger partial charge in [-0.25, -0.2) is 14.8 Å². The molecule has 1 saturated heterocycles. The Kier molecular flexibility index (Phi) is 7.24. The lowest BCUT2D eigenvalue weighted by Gasteiger charge is -2.37. The minimum atomic E-state index is -0.256. The second-order valence-electron chi connectivity index (χ2n) is 9.98. The number of rotatable bonds is 5. The van der Waals surface area contributed by atoms with Crippen molar-refractivity contribution in [3.63, 3.8) is 0 Å². The number of urea groups is 1. The van der Waals surface area contributed by atoms with Crippen LogP contribution in [0.5, 0.6) is 5.75 Å². The Labute approximate surface area is 208 Å². The molecule has 0 radical (unpaired) electrons. The Morgan fingerprint density at radius 2 is 1.63 bits per heavy atom. The third-order valence-corrected chi connectivity index (χ3v) is 6.11. The molecule has 0 bridgehead atoms. The van der Waals surface area contributed by atoms with Crippen molar-refractivity contribution in [2.45, 2.75) is 39.7 Å². The van der Waals surface area contributed by atoms with E-state index in [-0.39, 0.29) is 11.6 Å². The number of nitrogens with one attached hydrogen (secondary N) is 1. The molecule has 184 valence electrons.